The standard InChI is InChI=1S/C14H21N3O/c1-9(15)10-4-5-16-14(6-10)17-7-11-2-3-13(18)12(11)8-17/h4-6,9,11-13,18H,2-3,7-8,15H2,1H3. The smallest absolute Gasteiger partial charge is 0.128 e. The van der Waals surface area contributed by atoms with Crippen molar-refractivity contribution >= 4 is 5.82 Å². The summed E-state index contributed by atoms with van der Waals surface area (Å²) >= 11 is 0. The van der Waals surface area contributed by atoms with Crippen molar-refractivity contribution in [3.8, 4) is 0 Å². The Labute approximate surface area is 108 Å². The molecule has 1 aromatic heterocycles. The molecule has 4 unspecified atom stereocenters. The van der Waals surface area contributed by atoms with E-state index in [0.717, 1.165) is 37.3 Å². The molecule has 0 aromatic carbocycles. The summed E-state index contributed by atoms with van der Waals surface area (Å²) in [6.45, 7) is 3.94. The second-order valence-corrected chi connectivity index (χ2v) is 5.71. The molecule has 2 aliphatic rings. The van der Waals surface area contributed by atoms with Crippen LogP contribution in [-0.2, 0) is 0 Å². The van der Waals surface area contributed by atoms with Crippen LogP contribution in [0.5, 0.6) is 0 Å². The van der Waals surface area contributed by atoms with Gasteiger partial charge in [-0.25, -0.2) is 4.98 Å². The van der Waals surface area contributed by atoms with E-state index in [-0.39, 0.29) is 12.1 Å². The van der Waals surface area contributed by atoms with E-state index >= 15 is 0 Å². The van der Waals surface area contributed by atoms with Crippen LogP contribution < -0.4 is 10.6 Å². The molecular formula is C14H21N3O. The van der Waals surface area contributed by atoms with Crippen molar-refractivity contribution < 1.29 is 5.11 Å². The van der Waals surface area contributed by atoms with E-state index in [2.05, 4.69) is 16.0 Å². The molecule has 3 N–H and O–H groups in total. The van der Waals surface area contributed by atoms with E-state index in [0.29, 0.717) is 11.8 Å². The summed E-state index contributed by atoms with van der Waals surface area (Å²) in [5.41, 5.74) is 7.03. The number of nitrogens with zero attached hydrogens (tertiary/aromatic N) is 2. The molecule has 4 heteroatoms. The van der Waals surface area contributed by atoms with Gasteiger partial charge in [-0.05, 0) is 43.4 Å². The molecule has 3 rings (SSSR count). The first-order chi connectivity index (χ1) is 8.65. The topological polar surface area (TPSA) is 62.4 Å². The van der Waals surface area contributed by atoms with E-state index in [1.807, 2.05) is 19.2 Å². The number of hydrogen-bond acceptors (Lipinski definition) is 4. The lowest BCUT2D eigenvalue weighted by Gasteiger charge is -2.20. The molecule has 1 saturated carbocycles. The molecule has 1 aromatic rings. The SMILES string of the molecule is CC(N)c1ccnc(N2CC3CCC(O)C3C2)c1. The highest BCUT2D eigenvalue weighted by Crippen LogP contribution is 2.39. The first kappa shape index (κ1) is 11.9. The van der Waals surface area contributed by atoms with Gasteiger partial charge in [-0.15, -0.1) is 0 Å². The quantitative estimate of drug-likeness (QED) is 0.827. The van der Waals surface area contributed by atoms with Gasteiger partial charge in [0.1, 0.15) is 5.82 Å². The number of aliphatic hydroxyl groups is 1. The van der Waals surface area contributed by atoms with Gasteiger partial charge in [0.05, 0.1) is 6.10 Å². The van der Waals surface area contributed by atoms with Crippen molar-refractivity contribution in [1.29, 1.82) is 0 Å². The number of nitrogens with two attached hydrogens (primary N) is 1. The van der Waals surface area contributed by atoms with Gasteiger partial charge in [-0.3, -0.25) is 0 Å². The molecule has 98 valence electrons. The first-order valence-corrected chi connectivity index (χ1v) is 6.79. The van der Waals surface area contributed by atoms with Crippen molar-refractivity contribution in [3.05, 3.63) is 23.9 Å². The second-order valence-electron chi connectivity index (χ2n) is 5.71. The van der Waals surface area contributed by atoms with Gasteiger partial charge < -0.3 is 15.7 Å². The van der Waals surface area contributed by atoms with Crippen LogP contribution in [0, 0.1) is 11.8 Å². The largest absolute Gasteiger partial charge is 0.393 e. The first-order valence-electron chi connectivity index (χ1n) is 6.79. The summed E-state index contributed by atoms with van der Waals surface area (Å²) < 4.78 is 0. The van der Waals surface area contributed by atoms with Gasteiger partial charge in [-0.2, -0.15) is 0 Å². The van der Waals surface area contributed by atoms with Gasteiger partial charge in [0.25, 0.3) is 0 Å². The van der Waals surface area contributed by atoms with Crippen molar-refractivity contribution in [2.45, 2.75) is 31.9 Å². The third kappa shape index (κ3) is 1.99. The zero-order chi connectivity index (χ0) is 12.7. The molecular weight excluding hydrogens is 226 g/mol. The summed E-state index contributed by atoms with van der Waals surface area (Å²) in [5, 5.41) is 9.94. The van der Waals surface area contributed by atoms with Crippen molar-refractivity contribution in [2.75, 3.05) is 18.0 Å². The molecule has 18 heavy (non-hydrogen) atoms. The van der Waals surface area contributed by atoms with E-state index < -0.39 is 0 Å². The van der Waals surface area contributed by atoms with Crippen LogP contribution in [0.3, 0.4) is 0 Å². The number of anilines is 1. The van der Waals surface area contributed by atoms with Crippen LogP contribution in [0.4, 0.5) is 5.82 Å². The van der Waals surface area contributed by atoms with E-state index in [1.165, 1.54) is 0 Å². The molecule has 1 aliphatic heterocycles. The lowest BCUT2D eigenvalue weighted by atomic mass is 10.00. The normalized spacial score (nSPS) is 32.6. The van der Waals surface area contributed by atoms with Crippen LogP contribution in [0.15, 0.2) is 18.3 Å². The van der Waals surface area contributed by atoms with E-state index in [9.17, 15) is 5.11 Å². The summed E-state index contributed by atoms with van der Waals surface area (Å²) in [6.07, 6.45) is 3.83. The van der Waals surface area contributed by atoms with Crippen molar-refractivity contribution in [3.63, 3.8) is 0 Å². The predicted molar refractivity (Wildman–Crippen MR) is 71.3 cm³/mol. The summed E-state index contributed by atoms with van der Waals surface area (Å²) in [7, 11) is 0. The zero-order valence-electron chi connectivity index (χ0n) is 10.8. The monoisotopic (exact) mass is 247 g/mol. The highest BCUT2D eigenvalue weighted by Gasteiger charge is 2.42. The third-order valence-corrected chi connectivity index (χ3v) is 4.44. The Morgan fingerprint density at radius 2 is 2.28 bits per heavy atom. The molecule has 0 radical (unpaired) electrons. The molecule has 4 nitrogen and oxygen atoms in total. The molecule has 0 spiro atoms. The highest BCUT2D eigenvalue weighted by molar-refractivity contribution is 5.43. The fraction of sp³-hybridized carbons (Fsp3) is 0.643. The number of aliphatic hydroxyl groups excluding tert-OH is 1. The molecule has 0 amide bonds. The maximum Gasteiger partial charge on any atom is 0.128 e. The molecule has 1 aliphatic carbocycles. The number of aromatic nitrogens is 1. The average Bonchev–Trinajstić information content (AvgIpc) is 2.92. The van der Waals surface area contributed by atoms with Gasteiger partial charge in [-0.1, -0.05) is 0 Å². The third-order valence-electron chi connectivity index (χ3n) is 4.44. The molecule has 4 atom stereocenters. The second kappa shape index (κ2) is 4.52. The van der Waals surface area contributed by atoms with Crippen molar-refractivity contribution in [1.82, 2.24) is 4.98 Å². The number of fused-ring (bicyclic) bond motifs is 1. The van der Waals surface area contributed by atoms with Crippen molar-refractivity contribution in [2.24, 2.45) is 17.6 Å². The highest BCUT2D eigenvalue weighted by atomic mass is 16.3. The van der Waals surface area contributed by atoms with Crippen LogP contribution in [-0.4, -0.2) is 29.3 Å². The number of hydrogen-bond donors (Lipinski definition) is 2. The minimum absolute atomic E-state index is 0.0412. The molecule has 0 bridgehead atoms. The Morgan fingerprint density at radius 1 is 1.44 bits per heavy atom. The number of pyridine rings is 1. The fourth-order valence-electron chi connectivity index (χ4n) is 3.31. The summed E-state index contributed by atoms with van der Waals surface area (Å²) in [4.78, 5) is 6.74. The summed E-state index contributed by atoms with van der Waals surface area (Å²) in [5.74, 6) is 2.08. The predicted octanol–water partition coefficient (Wildman–Crippen LogP) is 1.31. The minimum Gasteiger partial charge on any atom is -0.393 e. The van der Waals surface area contributed by atoms with Gasteiger partial charge in [0.2, 0.25) is 0 Å². The Hall–Kier alpha value is -1.13. The van der Waals surface area contributed by atoms with Crippen LogP contribution in [0.25, 0.3) is 0 Å². The fourth-order valence-corrected chi connectivity index (χ4v) is 3.31. The average molecular weight is 247 g/mol. The van der Waals surface area contributed by atoms with Crippen LogP contribution >= 0.6 is 0 Å². The molecule has 1 saturated heterocycles. The summed E-state index contributed by atoms with van der Waals surface area (Å²) in [6, 6.07) is 4.09. The van der Waals surface area contributed by atoms with Crippen LogP contribution in [0.1, 0.15) is 31.4 Å². The van der Waals surface area contributed by atoms with Crippen LogP contribution in [0.2, 0.25) is 0 Å². The Bertz CT molecular complexity index is 435. The number of rotatable bonds is 2. The van der Waals surface area contributed by atoms with Gasteiger partial charge >= 0.3 is 0 Å². The van der Waals surface area contributed by atoms with E-state index in [4.69, 9.17) is 5.73 Å². The molecule has 2 heterocycles. The Kier molecular flexibility index (Phi) is 2.99. The van der Waals surface area contributed by atoms with Gasteiger partial charge in [0.15, 0.2) is 0 Å². The maximum atomic E-state index is 9.94. The molecule has 2 fully saturated rings. The lowest BCUT2D eigenvalue weighted by Crippen LogP contribution is -2.25. The van der Waals surface area contributed by atoms with Gasteiger partial charge in [0, 0.05) is 31.2 Å². The lowest BCUT2D eigenvalue weighted by molar-refractivity contribution is 0.133. The Morgan fingerprint density at radius 3 is 3.00 bits per heavy atom. The van der Waals surface area contributed by atoms with E-state index in [1.54, 1.807) is 0 Å². The zero-order valence-corrected chi connectivity index (χ0v) is 10.8. The maximum absolute atomic E-state index is 9.94. The Balaban J connectivity index is 1.78. The minimum atomic E-state index is -0.114.